The molecule has 4 rings (SSSR count). The summed E-state index contributed by atoms with van der Waals surface area (Å²) in [6.45, 7) is 4.87. The second-order valence-electron chi connectivity index (χ2n) is 7.45. The molecule has 1 aromatic rings. The Labute approximate surface area is 149 Å². The lowest BCUT2D eigenvalue weighted by Crippen LogP contribution is -2.57. The third-order valence-corrected chi connectivity index (χ3v) is 6.04. The van der Waals surface area contributed by atoms with Crippen molar-refractivity contribution in [3.63, 3.8) is 0 Å². The largest absolute Gasteiger partial charge is 0.379 e. The second-order valence-corrected chi connectivity index (χ2v) is 7.45. The van der Waals surface area contributed by atoms with Crippen molar-refractivity contribution in [1.82, 2.24) is 10.2 Å². The molecule has 1 amide bonds. The molecule has 3 aliphatic rings. The molecule has 1 saturated carbocycles. The molecule has 25 heavy (non-hydrogen) atoms. The van der Waals surface area contributed by atoms with Crippen LogP contribution in [0.4, 0.5) is 0 Å². The first-order chi connectivity index (χ1) is 12.3. The van der Waals surface area contributed by atoms with Gasteiger partial charge in [0, 0.05) is 25.2 Å². The summed E-state index contributed by atoms with van der Waals surface area (Å²) < 4.78 is 11.3. The van der Waals surface area contributed by atoms with E-state index in [1.165, 1.54) is 18.4 Å². The van der Waals surface area contributed by atoms with Crippen LogP contribution in [0.2, 0.25) is 0 Å². The fourth-order valence-corrected chi connectivity index (χ4v) is 4.63. The topological polar surface area (TPSA) is 50.8 Å². The first kappa shape index (κ1) is 17.0. The Morgan fingerprint density at radius 1 is 1.16 bits per heavy atom. The van der Waals surface area contributed by atoms with Crippen molar-refractivity contribution in [3.05, 3.63) is 35.4 Å². The highest BCUT2D eigenvalue weighted by atomic mass is 16.5. The zero-order chi connectivity index (χ0) is 17.1. The lowest BCUT2D eigenvalue weighted by Gasteiger charge is -2.43. The Hall–Kier alpha value is -1.43. The molecule has 1 N–H and O–H groups in total. The van der Waals surface area contributed by atoms with Gasteiger partial charge in [-0.15, -0.1) is 0 Å². The minimum atomic E-state index is -0.465. The average Bonchev–Trinajstić information content (AvgIpc) is 3.16. The summed E-state index contributed by atoms with van der Waals surface area (Å²) in [5.41, 5.74) is 2.36. The molecule has 136 valence electrons. The lowest BCUT2D eigenvalue weighted by molar-refractivity contribution is -0.135. The first-order valence-electron chi connectivity index (χ1n) is 9.58. The van der Waals surface area contributed by atoms with Crippen molar-refractivity contribution >= 4 is 5.91 Å². The highest BCUT2D eigenvalue weighted by Crippen LogP contribution is 2.35. The van der Waals surface area contributed by atoms with Crippen LogP contribution in [0.15, 0.2) is 24.3 Å². The molecular weight excluding hydrogens is 316 g/mol. The average molecular weight is 344 g/mol. The molecule has 5 nitrogen and oxygen atoms in total. The SMILES string of the molecule is O=C(NCC1(N2CCOCC2)CCCC1)[C@H]1OCCc2ccccc21. The summed E-state index contributed by atoms with van der Waals surface area (Å²) in [6, 6.07) is 8.14. The van der Waals surface area contributed by atoms with Gasteiger partial charge in [-0.25, -0.2) is 0 Å². The van der Waals surface area contributed by atoms with Gasteiger partial charge in [0.25, 0.3) is 5.91 Å². The molecule has 0 bridgehead atoms. The highest BCUT2D eigenvalue weighted by molar-refractivity contribution is 5.83. The molecule has 0 aromatic heterocycles. The number of morpholine rings is 1. The molecule has 0 unspecified atom stereocenters. The molecule has 1 aromatic carbocycles. The summed E-state index contributed by atoms with van der Waals surface area (Å²) in [4.78, 5) is 15.4. The zero-order valence-corrected chi connectivity index (χ0v) is 14.8. The van der Waals surface area contributed by atoms with Crippen LogP contribution in [-0.4, -0.2) is 55.8 Å². The maximum atomic E-state index is 12.9. The maximum Gasteiger partial charge on any atom is 0.253 e. The fourth-order valence-electron chi connectivity index (χ4n) is 4.63. The molecule has 2 aliphatic heterocycles. The number of nitrogens with one attached hydrogen (secondary N) is 1. The normalized spacial score (nSPS) is 26.2. The van der Waals surface area contributed by atoms with Gasteiger partial charge in [-0.3, -0.25) is 9.69 Å². The van der Waals surface area contributed by atoms with E-state index < -0.39 is 6.10 Å². The third-order valence-electron chi connectivity index (χ3n) is 6.04. The number of benzene rings is 1. The summed E-state index contributed by atoms with van der Waals surface area (Å²) in [7, 11) is 0. The number of rotatable bonds is 4. The van der Waals surface area contributed by atoms with Gasteiger partial charge in [0.05, 0.1) is 19.8 Å². The number of ether oxygens (including phenoxy) is 2. The minimum Gasteiger partial charge on any atom is -0.379 e. The molecule has 2 fully saturated rings. The van der Waals surface area contributed by atoms with Crippen molar-refractivity contribution < 1.29 is 14.3 Å². The van der Waals surface area contributed by atoms with Crippen LogP contribution >= 0.6 is 0 Å². The number of hydrogen-bond acceptors (Lipinski definition) is 4. The lowest BCUT2D eigenvalue weighted by atomic mass is 9.93. The van der Waals surface area contributed by atoms with Gasteiger partial charge >= 0.3 is 0 Å². The molecule has 2 heterocycles. The maximum absolute atomic E-state index is 12.9. The summed E-state index contributed by atoms with van der Waals surface area (Å²) in [6.07, 6.45) is 5.24. The van der Waals surface area contributed by atoms with Crippen LogP contribution in [-0.2, 0) is 20.7 Å². The molecular formula is C20H28N2O3. The van der Waals surface area contributed by atoms with E-state index in [0.717, 1.165) is 51.1 Å². The van der Waals surface area contributed by atoms with Gasteiger partial charge in [-0.05, 0) is 30.4 Å². The van der Waals surface area contributed by atoms with Gasteiger partial charge in [-0.2, -0.15) is 0 Å². The van der Waals surface area contributed by atoms with Crippen LogP contribution in [0.5, 0.6) is 0 Å². The fraction of sp³-hybridized carbons (Fsp3) is 0.650. The molecule has 5 heteroatoms. The number of fused-ring (bicyclic) bond motifs is 1. The first-order valence-corrected chi connectivity index (χ1v) is 9.58. The van der Waals surface area contributed by atoms with E-state index in [1.54, 1.807) is 0 Å². The van der Waals surface area contributed by atoms with Gasteiger partial charge in [0.1, 0.15) is 0 Å². The van der Waals surface area contributed by atoms with Crippen LogP contribution in [0, 0.1) is 0 Å². The van der Waals surface area contributed by atoms with E-state index in [-0.39, 0.29) is 11.4 Å². The number of nitrogens with zero attached hydrogens (tertiary/aromatic N) is 1. The number of hydrogen-bond donors (Lipinski definition) is 1. The quantitative estimate of drug-likeness (QED) is 0.908. The zero-order valence-electron chi connectivity index (χ0n) is 14.8. The smallest absolute Gasteiger partial charge is 0.253 e. The van der Waals surface area contributed by atoms with Gasteiger partial charge in [0.15, 0.2) is 6.10 Å². The summed E-state index contributed by atoms with van der Waals surface area (Å²) in [5, 5.41) is 3.23. The van der Waals surface area contributed by atoms with Crippen LogP contribution < -0.4 is 5.32 Å². The van der Waals surface area contributed by atoms with Crippen LogP contribution in [0.1, 0.15) is 42.9 Å². The van der Waals surface area contributed by atoms with Gasteiger partial charge in [0.2, 0.25) is 0 Å². The third kappa shape index (κ3) is 3.46. The van der Waals surface area contributed by atoms with Gasteiger partial charge in [-0.1, -0.05) is 37.1 Å². The van der Waals surface area contributed by atoms with Crippen molar-refractivity contribution in [2.45, 2.75) is 43.7 Å². The van der Waals surface area contributed by atoms with Crippen LogP contribution in [0.3, 0.4) is 0 Å². The molecule has 1 atom stereocenters. The van der Waals surface area contributed by atoms with E-state index in [2.05, 4.69) is 16.3 Å². The summed E-state index contributed by atoms with van der Waals surface area (Å²) in [5.74, 6) is 0.00619. The van der Waals surface area contributed by atoms with E-state index in [9.17, 15) is 4.79 Å². The number of carbonyl (C=O) groups excluding carboxylic acids is 1. The van der Waals surface area contributed by atoms with E-state index in [4.69, 9.17) is 9.47 Å². The predicted molar refractivity (Wildman–Crippen MR) is 95.4 cm³/mol. The predicted octanol–water partition coefficient (Wildman–Crippen LogP) is 2.06. The van der Waals surface area contributed by atoms with Crippen molar-refractivity contribution in [3.8, 4) is 0 Å². The molecule has 1 saturated heterocycles. The number of amides is 1. The molecule has 0 radical (unpaired) electrons. The van der Waals surface area contributed by atoms with Crippen molar-refractivity contribution in [2.75, 3.05) is 39.5 Å². The Balaban J connectivity index is 1.44. The van der Waals surface area contributed by atoms with Crippen molar-refractivity contribution in [2.24, 2.45) is 0 Å². The minimum absolute atomic E-state index is 0.00619. The van der Waals surface area contributed by atoms with E-state index in [0.29, 0.717) is 13.2 Å². The van der Waals surface area contributed by atoms with Crippen LogP contribution in [0.25, 0.3) is 0 Å². The molecule has 0 spiro atoms. The highest BCUT2D eigenvalue weighted by Gasteiger charge is 2.41. The Kier molecular flexibility index (Phi) is 5.06. The standard InChI is InChI=1S/C20H28N2O3/c23-19(18-17-6-2-1-5-16(17)7-12-25-18)21-15-20(8-3-4-9-20)22-10-13-24-14-11-22/h1-2,5-6,18H,3-4,7-15H2,(H,21,23)/t18-/m0/s1. The van der Waals surface area contributed by atoms with Crippen molar-refractivity contribution in [1.29, 1.82) is 0 Å². The van der Waals surface area contributed by atoms with Gasteiger partial charge < -0.3 is 14.8 Å². The Bertz CT molecular complexity index is 607. The second kappa shape index (κ2) is 7.44. The monoisotopic (exact) mass is 344 g/mol. The van der Waals surface area contributed by atoms with E-state index in [1.807, 2.05) is 18.2 Å². The number of carbonyl (C=O) groups is 1. The Morgan fingerprint density at radius 3 is 2.72 bits per heavy atom. The van der Waals surface area contributed by atoms with E-state index >= 15 is 0 Å². The molecule has 1 aliphatic carbocycles. The summed E-state index contributed by atoms with van der Waals surface area (Å²) >= 11 is 0. The Morgan fingerprint density at radius 2 is 1.92 bits per heavy atom.